The lowest BCUT2D eigenvalue weighted by Crippen LogP contribution is -2.28. The number of hydrogen-bond donors (Lipinski definition) is 0. The van der Waals surface area contributed by atoms with Crippen molar-refractivity contribution in [1.82, 2.24) is 0 Å². The van der Waals surface area contributed by atoms with Gasteiger partial charge in [-0.1, -0.05) is 376 Å². The van der Waals surface area contributed by atoms with Crippen molar-refractivity contribution in [1.29, 1.82) is 0 Å². The molecule has 0 fully saturated rings. The first kappa shape index (κ1) is 74.2. The van der Waals surface area contributed by atoms with Crippen LogP contribution < -0.4 is 9.80 Å². The molecule has 127 heavy (non-hydrogen) atoms. The monoisotopic (exact) mass is 1620 g/mol. The fraction of sp³-hybridized carbons (Fsp3) is 0.00813. The quantitative estimate of drug-likeness (QED) is 0.0910. The fourth-order valence-corrected chi connectivity index (χ4v) is 20.5. The Balaban J connectivity index is 0.588. The number of para-hydroxylation sites is 3. The Kier molecular flexibility index (Phi) is 18.1. The highest BCUT2D eigenvalue weighted by molar-refractivity contribution is 6.17. The van der Waals surface area contributed by atoms with Crippen molar-refractivity contribution in [2.75, 3.05) is 9.80 Å². The van der Waals surface area contributed by atoms with Crippen molar-refractivity contribution in [3.63, 3.8) is 0 Å². The van der Waals surface area contributed by atoms with Gasteiger partial charge in [-0.05, 0) is 253 Å². The summed E-state index contributed by atoms with van der Waals surface area (Å²) in [6, 6.07) is 178. The third-order valence-electron chi connectivity index (χ3n) is 26.2. The minimum atomic E-state index is -0.517. The third-order valence-corrected chi connectivity index (χ3v) is 26.2. The molecule has 0 amide bonds. The molecule has 4 heteroatoms. The summed E-state index contributed by atoms with van der Waals surface area (Å²) in [5.74, 6) is 0. The number of benzene rings is 21. The summed E-state index contributed by atoms with van der Waals surface area (Å²) in [7, 11) is 0. The molecule has 0 saturated carbocycles. The Bertz CT molecular complexity index is 8050. The van der Waals surface area contributed by atoms with E-state index in [4.69, 9.17) is 8.83 Å². The molecule has 24 rings (SSSR count). The molecular formula is C123H80N2O2. The van der Waals surface area contributed by atoms with Crippen molar-refractivity contribution in [2.24, 2.45) is 0 Å². The number of anilines is 6. The molecule has 2 heterocycles. The second kappa shape index (κ2) is 31.0. The molecule has 21 aromatic carbocycles. The highest BCUT2D eigenvalue weighted by Gasteiger charge is 2.47. The lowest BCUT2D eigenvalue weighted by Gasteiger charge is -2.34. The number of fused-ring (bicyclic) bond motifs is 11. The van der Waals surface area contributed by atoms with Crippen molar-refractivity contribution in [2.45, 2.75) is 5.41 Å². The summed E-state index contributed by atoms with van der Waals surface area (Å²) in [5.41, 5.74) is 37.1. The predicted octanol–water partition coefficient (Wildman–Crippen LogP) is 34.1. The Labute approximate surface area is 737 Å². The van der Waals surface area contributed by atoms with E-state index >= 15 is 0 Å². The van der Waals surface area contributed by atoms with E-state index < -0.39 is 5.41 Å². The van der Waals surface area contributed by atoms with Crippen LogP contribution in [0, 0.1) is 0 Å². The molecule has 4 nitrogen and oxygen atoms in total. The Morgan fingerprint density at radius 2 is 0.504 bits per heavy atom. The first-order chi connectivity index (χ1) is 63.0. The van der Waals surface area contributed by atoms with Gasteiger partial charge in [0.05, 0.1) is 16.8 Å². The van der Waals surface area contributed by atoms with Gasteiger partial charge >= 0.3 is 0 Å². The Morgan fingerprint density at radius 3 is 1.05 bits per heavy atom. The highest BCUT2D eigenvalue weighted by atomic mass is 16.3. The zero-order chi connectivity index (χ0) is 83.9. The lowest BCUT2D eigenvalue weighted by atomic mass is 9.67. The Hall–Kier alpha value is -16.7. The molecular weight excluding hydrogens is 1540 g/mol. The maximum absolute atomic E-state index is 7.11. The average molecular weight is 1620 g/mol. The van der Waals surface area contributed by atoms with Gasteiger partial charge < -0.3 is 18.6 Å². The van der Waals surface area contributed by atoms with Crippen LogP contribution in [0.4, 0.5) is 34.1 Å². The van der Waals surface area contributed by atoms with Gasteiger partial charge in [-0.15, -0.1) is 0 Å². The minimum Gasteiger partial charge on any atom is -0.456 e. The average Bonchev–Trinajstić information content (AvgIpc) is 1.53. The first-order valence-corrected chi connectivity index (χ1v) is 43.7. The molecule has 1 aliphatic carbocycles. The predicted molar refractivity (Wildman–Crippen MR) is 532 cm³/mol. The van der Waals surface area contributed by atoms with Crippen LogP contribution in [0.15, 0.2) is 494 Å². The summed E-state index contributed by atoms with van der Waals surface area (Å²) >= 11 is 0. The molecule has 594 valence electrons. The standard InChI is InChI=1S/C123H80N2O2/c1-5-29-81(30-6-1)89-77-90(82-31-7-2-8-32-82)79-91(78-89)83-59-68-94(69-60-83)124(114-54-20-16-40-105(114)107-50-27-57-117-121(107)110-43-18-22-56-116(110)126-117)96-72-63-86(64-73-96)100-45-24-49-104-101(46-25-48-103(100)104)88-67-76-111-119(80-88)127-118-58-28-51-108(122(111)118)106-41-17-21-55-115(106)125(95-70-61-85(62-71-95)99-44-23-34-84-33-13-14-39-98(84)99)97-74-65-87(66-75-97)102-47-26-53-113-120(102)109-42-15-19-52-112(109)123(113,92-35-9-3-10-36-92)93-37-11-4-12-38-93/h1-80H. The van der Waals surface area contributed by atoms with Gasteiger partial charge in [-0.25, -0.2) is 0 Å². The zero-order valence-corrected chi connectivity index (χ0v) is 69.4. The van der Waals surface area contributed by atoms with Crippen molar-refractivity contribution < 1.29 is 8.83 Å². The van der Waals surface area contributed by atoms with E-state index in [1.54, 1.807) is 0 Å². The van der Waals surface area contributed by atoms with Gasteiger partial charge in [0.25, 0.3) is 0 Å². The Morgan fingerprint density at radius 1 is 0.173 bits per heavy atom. The second-order valence-corrected chi connectivity index (χ2v) is 33.2. The van der Waals surface area contributed by atoms with Crippen LogP contribution in [0.5, 0.6) is 0 Å². The normalized spacial score (nSPS) is 12.2. The molecule has 0 atom stereocenters. The molecule has 0 aliphatic heterocycles. The van der Waals surface area contributed by atoms with Gasteiger partial charge in [0.1, 0.15) is 22.3 Å². The van der Waals surface area contributed by atoms with Crippen LogP contribution in [-0.4, -0.2) is 0 Å². The highest BCUT2D eigenvalue weighted by Crippen LogP contribution is 2.59. The van der Waals surface area contributed by atoms with E-state index in [0.29, 0.717) is 0 Å². The van der Waals surface area contributed by atoms with Crippen LogP contribution >= 0.6 is 0 Å². The molecule has 1 aliphatic rings. The van der Waals surface area contributed by atoms with E-state index in [1.807, 2.05) is 6.07 Å². The van der Waals surface area contributed by atoms with E-state index in [1.165, 1.54) is 77.5 Å². The molecule has 0 spiro atoms. The summed E-state index contributed by atoms with van der Waals surface area (Å²) in [4.78, 5) is 4.85. The number of furan rings is 2. The minimum absolute atomic E-state index is 0.517. The number of nitrogens with zero attached hydrogens (tertiary/aromatic N) is 2. The van der Waals surface area contributed by atoms with Crippen molar-refractivity contribution in [3.8, 4) is 111 Å². The van der Waals surface area contributed by atoms with Gasteiger partial charge in [0.15, 0.2) is 0 Å². The largest absolute Gasteiger partial charge is 0.456 e. The third kappa shape index (κ3) is 12.7. The van der Waals surface area contributed by atoms with Crippen molar-refractivity contribution >= 4 is 99.5 Å². The summed E-state index contributed by atoms with van der Waals surface area (Å²) < 4.78 is 13.7. The van der Waals surface area contributed by atoms with Crippen LogP contribution in [0.25, 0.3) is 177 Å². The maximum atomic E-state index is 7.11. The number of rotatable bonds is 17. The zero-order valence-electron chi connectivity index (χ0n) is 69.4. The van der Waals surface area contributed by atoms with Crippen LogP contribution in [0.1, 0.15) is 22.3 Å². The van der Waals surface area contributed by atoms with Gasteiger partial charge in [-0.3, -0.25) is 0 Å². The summed E-state index contributed by atoms with van der Waals surface area (Å²) in [5, 5.41) is 9.05. The summed E-state index contributed by atoms with van der Waals surface area (Å²) in [6.07, 6.45) is 0. The molecule has 0 bridgehead atoms. The van der Waals surface area contributed by atoms with Crippen molar-refractivity contribution in [3.05, 3.63) is 508 Å². The molecule has 0 N–H and O–H groups in total. The van der Waals surface area contributed by atoms with Crippen LogP contribution in [0.2, 0.25) is 0 Å². The SMILES string of the molecule is c1ccc(-c2cc(-c3ccccc3)cc(-c3ccc(N(c4ccc(-c5cccc6c(-c7ccc8c(c7)oc7cccc(-c9ccccc9N(c9ccc(-c%10cccc%11c%10-c%10ccccc%10C%11(c%10ccccc%10)c%10ccccc%10)cc9)c9ccc(-c%10cccc%11ccccc%10%11)cc9)c78)cccc56)cc4)c4ccccc4-c4cccc5oc6ccccc6c45)cc3)c2)cc1. The molecule has 0 saturated heterocycles. The van der Waals surface area contributed by atoms with E-state index in [9.17, 15) is 0 Å². The van der Waals surface area contributed by atoms with Gasteiger partial charge in [-0.2, -0.15) is 0 Å². The smallest absolute Gasteiger partial charge is 0.136 e. The lowest BCUT2D eigenvalue weighted by molar-refractivity contribution is 0.668. The molecule has 2 aromatic heterocycles. The summed E-state index contributed by atoms with van der Waals surface area (Å²) in [6.45, 7) is 0. The molecule has 23 aromatic rings. The van der Waals surface area contributed by atoms with Gasteiger partial charge in [0.2, 0.25) is 0 Å². The number of hydrogen-bond acceptors (Lipinski definition) is 4. The van der Waals surface area contributed by atoms with Gasteiger partial charge in [0, 0.05) is 55.4 Å². The fourth-order valence-electron chi connectivity index (χ4n) is 20.5. The maximum Gasteiger partial charge on any atom is 0.136 e. The van der Waals surface area contributed by atoms with Crippen LogP contribution in [0.3, 0.4) is 0 Å². The van der Waals surface area contributed by atoms with E-state index in [0.717, 1.165) is 156 Å². The van der Waals surface area contributed by atoms with E-state index in [-0.39, 0.29) is 0 Å². The van der Waals surface area contributed by atoms with Crippen LogP contribution in [-0.2, 0) is 5.41 Å². The second-order valence-electron chi connectivity index (χ2n) is 33.2. The van der Waals surface area contributed by atoms with E-state index in [2.05, 4.69) is 489 Å². The first-order valence-electron chi connectivity index (χ1n) is 43.7. The topological polar surface area (TPSA) is 32.8 Å². The molecule has 0 unspecified atom stereocenters. The molecule has 0 radical (unpaired) electrons.